The van der Waals surface area contributed by atoms with Crippen molar-refractivity contribution in [1.29, 1.82) is 0 Å². The van der Waals surface area contributed by atoms with Gasteiger partial charge < -0.3 is 14.6 Å². The number of carbonyl (C=O) groups excluding carboxylic acids is 1. The molecule has 1 aliphatic heterocycles. The Bertz CT molecular complexity index is 530. The Labute approximate surface area is 159 Å². The van der Waals surface area contributed by atoms with Crippen molar-refractivity contribution in [3.8, 4) is 0 Å². The predicted octanol–water partition coefficient (Wildman–Crippen LogP) is 4.48. The molecule has 0 aromatic carbocycles. The fourth-order valence-electron chi connectivity index (χ4n) is 6.71. The van der Waals surface area contributed by atoms with Crippen molar-refractivity contribution < 1.29 is 19.4 Å². The Hall–Kier alpha value is -0.610. The van der Waals surface area contributed by atoms with Crippen molar-refractivity contribution in [3.63, 3.8) is 0 Å². The first-order chi connectivity index (χ1) is 12.1. The maximum atomic E-state index is 12.4. The van der Waals surface area contributed by atoms with Gasteiger partial charge >= 0.3 is 5.97 Å². The van der Waals surface area contributed by atoms with Gasteiger partial charge in [0.1, 0.15) is 6.10 Å². The molecule has 1 saturated heterocycles. The summed E-state index contributed by atoms with van der Waals surface area (Å²) in [5, 5.41) is 9.72. The van der Waals surface area contributed by atoms with E-state index in [9.17, 15) is 9.90 Å². The normalized spacial score (nSPS) is 42.6. The molecule has 0 amide bonds. The Morgan fingerprint density at radius 2 is 1.96 bits per heavy atom. The number of rotatable bonds is 5. The van der Waals surface area contributed by atoms with Crippen molar-refractivity contribution in [1.82, 2.24) is 0 Å². The van der Waals surface area contributed by atoms with Gasteiger partial charge in [0.2, 0.25) is 0 Å². The SMILES string of the molecule is CCC(O)CCC(=O)OC1COC2(C)CCC3C(C)(C)CCCC3(C)C12. The molecule has 6 atom stereocenters. The minimum atomic E-state index is -0.414. The van der Waals surface area contributed by atoms with E-state index in [-0.39, 0.29) is 29.0 Å². The molecule has 3 rings (SSSR count). The molecule has 4 nitrogen and oxygen atoms in total. The second kappa shape index (κ2) is 7.09. The van der Waals surface area contributed by atoms with Gasteiger partial charge in [-0.25, -0.2) is 0 Å². The third-order valence-electron chi connectivity index (χ3n) is 7.96. The number of carbonyl (C=O) groups is 1. The monoisotopic (exact) mass is 366 g/mol. The summed E-state index contributed by atoms with van der Waals surface area (Å²) >= 11 is 0. The lowest BCUT2D eigenvalue weighted by Gasteiger charge is -2.60. The molecule has 150 valence electrons. The van der Waals surface area contributed by atoms with Crippen molar-refractivity contribution in [2.75, 3.05) is 6.61 Å². The first kappa shape index (κ1) is 20.1. The summed E-state index contributed by atoms with van der Waals surface area (Å²) in [5.41, 5.74) is 0.336. The Balaban J connectivity index is 1.76. The molecule has 3 aliphatic rings. The van der Waals surface area contributed by atoms with E-state index in [1.54, 1.807) is 0 Å². The lowest BCUT2D eigenvalue weighted by molar-refractivity contribution is -0.172. The minimum absolute atomic E-state index is 0.145. The van der Waals surface area contributed by atoms with Gasteiger partial charge in [0.05, 0.1) is 18.3 Å². The summed E-state index contributed by atoms with van der Waals surface area (Å²) in [6, 6.07) is 0. The van der Waals surface area contributed by atoms with E-state index in [2.05, 4.69) is 27.7 Å². The molecule has 0 radical (unpaired) electrons. The van der Waals surface area contributed by atoms with Crippen LogP contribution >= 0.6 is 0 Å². The zero-order valence-electron chi connectivity index (χ0n) is 17.3. The van der Waals surface area contributed by atoms with Crippen molar-refractivity contribution in [3.05, 3.63) is 0 Å². The van der Waals surface area contributed by atoms with E-state index in [1.165, 1.54) is 25.7 Å². The zero-order chi connectivity index (χ0) is 19.2. The average molecular weight is 367 g/mol. The summed E-state index contributed by atoms with van der Waals surface area (Å²) < 4.78 is 12.2. The van der Waals surface area contributed by atoms with Crippen LogP contribution in [-0.2, 0) is 14.3 Å². The summed E-state index contributed by atoms with van der Waals surface area (Å²) in [7, 11) is 0. The quantitative estimate of drug-likeness (QED) is 0.729. The molecule has 0 aromatic heterocycles. The predicted molar refractivity (Wildman–Crippen MR) is 102 cm³/mol. The minimum Gasteiger partial charge on any atom is -0.459 e. The highest BCUT2D eigenvalue weighted by molar-refractivity contribution is 5.69. The van der Waals surface area contributed by atoms with E-state index < -0.39 is 6.10 Å². The summed E-state index contributed by atoms with van der Waals surface area (Å²) in [4.78, 5) is 12.4. The molecule has 0 bridgehead atoms. The fourth-order valence-corrected chi connectivity index (χ4v) is 6.71. The van der Waals surface area contributed by atoms with Gasteiger partial charge in [-0.1, -0.05) is 34.1 Å². The van der Waals surface area contributed by atoms with E-state index >= 15 is 0 Å². The molecule has 1 N–H and O–H groups in total. The van der Waals surface area contributed by atoms with Crippen LogP contribution in [0.1, 0.15) is 86.0 Å². The van der Waals surface area contributed by atoms with Crippen molar-refractivity contribution in [2.45, 2.75) is 104 Å². The van der Waals surface area contributed by atoms with Crippen LogP contribution in [0.25, 0.3) is 0 Å². The number of ether oxygens (including phenoxy) is 2. The molecule has 2 aliphatic carbocycles. The van der Waals surface area contributed by atoms with Crippen LogP contribution in [0.2, 0.25) is 0 Å². The second-order valence-corrected chi connectivity index (χ2v) is 10.2. The highest BCUT2D eigenvalue weighted by Gasteiger charge is 2.64. The lowest BCUT2D eigenvalue weighted by Crippen LogP contribution is -2.58. The van der Waals surface area contributed by atoms with Crippen LogP contribution in [0.4, 0.5) is 0 Å². The first-order valence-electron chi connectivity index (χ1n) is 10.6. The number of aliphatic hydroxyl groups excluding tert-OH is 1. The van der Waals surface area contributed by atoms with Gasteiger partial charge in [-0.15, -0.1) is 0 Å². The molecule has 2 saturated carbocycles. The van der Waals surface area contributed by atoms with Crippen LogP contribution in [-0.4, -0.2) is 35.5 Å². The van der Waals surface area contributed by atoms with Crippen LogP contribution in [0.5, 0.6) is 0 Å². The molecule has 0 spiro atoms. The number of fused-ring (bicyclic) bond motifs is 3. The Morgan fingerprint density at radius 3 is 2.65 bits per heavy atom. The van der Waals surface area contributed by atoms with Gasteiger partial charge in [-0.3, -0.25) is 4.79 Å². The largest absolute Gasteiger partial charge is 0.459 e. The van der Waals surface area contributed by atoms with Gasteiger partial charge in [0.15, 0.2) is 0 Å². The van der Waals surface area contributed by atoms with Crippen LogP contribution in [0, 0.1) is 22.7 Å². The third kappa shape index (κ3) is 3.44. The first-order valence-corrected chi connectivity index (χ1v) is 10.6. The molecule has 6 unspecified atom stereocenters. The second-order valence-electron chi connectivity index (χ2n) is 10.2. The van der Waals surface area contributed by atoms with Gasteiger partial charge in [-0.2, -0.15) is 0 Å². The van der Waals surface area contributed by atoms with Crippen molar-refractivity contribution >= 4 is 5.97 Å². The molecule has 0 aromatic rings. The standard InChI is InChI=1S/C22H38O4/c1-6-15(23)8-9-18(24)26-16-14-25-22(5)13-10-17-20(2,3)11-7-12-21(17,4)19(16)22/h15-17,19,23H,6-14H2,1-5H3. The van der Waals surface area contributed by atoms with E-state index in [0.29, 0.717) is 37.2 Å². The number of hydrogen-bond donors (Lipinski definition) is 1. The maximum absolute atomic E-state index is 12.4. The van der Waals surface area contributed by atoms with E-state index in [0.717, 1.165) is 6.42 Å². The topological polar surface area (TPSA) is 55.8 Å². The van der Waals surface area contributed by atoms with Crippen LogP contribution in [0.15, 0.2) is 0 Å². The van der Waals surface area contributed by atoms with Crippen LogP contribution < -0.4 is 0 Å². The number of hydrogen-bond acceptors (Lipinski definition) is 4. The fraction of sp³-hybridized carbons (Fsp3) is 0.955. The summed E-state index contributed by atoms with van der Waals surface area (Å²) in [5.74, 6) is 0.746. The van der Waals surface area contributed by atoms with Crippen molar-refractivity contribution in [2.24, 2.45) is 22.7 Å². The molecular formula is C22H38O4. The molecule has 26 heavy (non-hydrogen) atoms. The van der Waals surface area contributed by atoms with E-state index in [4.69, 9.17) is 9.47 Å². The number of esters is 1. The molecule has 3 fully saturated rings. The highest BCUT2D eigenvalue weighted by Crippen LogP contribution is 2.65. The summed E-state index contributed by atoms with van der Waals surface area (Å²) in [6.07, 6.45) is 6.90. The zero-order valence-corrected chi connectivity index (χ0v) is 17.3. The van der Waals surface area contributed by atoms with E-state index in [1.807, 2.05) is 6.92 Å². The van der Waals surface area contributed by atoms with Gasteiger partial charge in [-0.05, 0) is 62.2 Å². The Morgan fingerprint density at radius 1 is 1.23 bits per heavy atom. The molecule has 4 heteroatoms. The van der Waals surface area contributed by atoms with Crippen LogP contribution in [0.3, 0.4) is 0 Å². The number of aliphatic hydroxyl groups is 1. The third-order valence-corrected chi connectivity index (χ3v) is 7.96. The van der Waals surface area contributed by atoms with Gasteiger partial charge in [0, 0.05) is 12.3 Å². The maximum Gasteiger partial charge on any atom is 0.306 e. The average Bonchev–Trinajstić information content (AvgIpc) is 2.89. The summed E-state index contributed by atoms with van der Waals surface area (Å²) in [6.45, 7) is 11.9. The smallest absolute Gasteiger partial charge is 0.306 e. The van der Waals surface area contributed by atoms with Gasteiger partial charge in [0.25, 0.3) is 0 Å². The molecular weight excluding hydrogens is 328 g/mol. The lowest BCUT2D eigenvalue weighted by atomic mass is 9.45. The molecule has 1 heterocycles. The Kier molecular flexibility index (Phi) is 5.49. The highest BCUT2D eigenvalue weighted by atomic mass is 16.6.